The Morgan fingerprint density at radius 3 is 2.00 bits per heavy atom. The quantitative estimate of drug-likeness (QED) is 0.317. The molecule has 0 aromatic heterocycles. The lowest BCUT2D eigenvalue weighted by molar-refractivity contribution is -0.301. The second-order valence-electron chi connectivity index (χ2n) is 11.5. The molecule has 0 atom stereocenters. The van der Waals surface area contributed by atoms with Crippen LogP contribution in [0.15, 0.2) is 54.6 Å². The van der Waals surface area contributed by atoms with Gasteiger partial charge >= 0.3 is 6.11 Å². The fraction of sp³-hybridized carbons (Fsp3) is 0.688. The number of ether oxygens (including phenoxy) is 1. The van der Waals surface area contributed by atoms with E-state index in [1.165, 1.54) is 31.2 Å². The Balaban J connectivity index is 1.14. The minimum absolute atomic E-state index is 0.275. The lowest BCUT2D eigenvalue weighted by atomic mass is 9.78. The Morgan fingerprint density at radius 2 is 1.40 bits per heavy atom. The molecule has 0 bridgehead atoms. The summed E-state index contributed by atoms with van der Waals surface area (Å²) in [6.07, 6.45) is 19.7. The van der Waals surface area contributed by atoms with E-state index in [1.807, 2.05) is 6.92 Å². The standard InChI is InChI=1S/C32H46F2O/c1-2-3-5-8-25-15-21-30(22-16-25)32(33,34)35-31-23-17-27(18-24-31)12-11-26-13-19-29(20-14-26)28-9-6-4-7-10-28/h2-4,6-7,9-12,25-27,29-31H,5,8,13-24H2,1H3/b3-2+,12-11+. The molecule has 3 fully saturated rings. The van der Waals surface area contributed by atoms with Crippen LogP contribution in [0, 0.1) is 23.7 Å². The minimum Gasteiger partial charge on any atom is -0.317 e. The van der Waals surface area contributed by atoms with Gasteiger partial charge in [0, 0.05) is 0 Å². The summed E-state index contributed by atoms with van der Waals surface area (Å²) in [4.78, 5) is 0. The molecule has 3 saturated carbocycles. The minimum atomic E-state index is -2.96. The van der Waals surface area contributed by atoms with Gasteiger partial charge in [-0.05, 0) is 126 Å². The van der Waals surface area contributed by atoms with Crippen LogP contribution in [0.5, 0.6) is 0 Å². The van der Waals surface area contributed by atoms with Crippen LogP contribution >= 0.6 is 0 Å². The van der Waals surface area contributed by atoms with Crippen LogP contribution in [0.3, 0.4) is 0 Å². The third-order valence-electron chi connectivity index (χ3n) is 9.04. The summed E-state index contributed by atoms with van der Waals surface area (Å²) in [6.45, 7) is 2.04. The molecule has 0 saturated heterocycles. The molecule has 0 radical (unpaired) electrons. The molecule has 0 amide bonds. The van der Waals surface area contributed by atoms with Crippen molar-refractivity contribution in [3.63, 3.8) is 0 Å². The Labute approximate surface area is 212 Å². The van der Waals surface area contributed by atoms with E-state index in [4.69, 9.17) is 4.74 Å². The fourth-order valence-corrected chi connectivity index (χ4v) is 6.69. The summed E-state index contributed by atoms with van der Waals surface area (Å²) in [5.74, 6) is 1.94. The van der Waals surface area contributed by atoms with Crippen molar-refractivity contribution in [1.29, 1.82) is 0 Å². The van der Waals surface area contributed by atoms with Crippen molar-refractivity contribution < 1.29 is 13.5 Å². The molecular weight excluding hydrogens is 438 g/mol. The van der Waals surface area contributed by atoms with E-state index in [0.717, 1.165) is 51.4 Å². The summed E-state index contributed by atoms with van der Waals surface area (Å²) < 4.78 is 35.3. The summed E-state index contributed by atoms with van der Waals surface area (Å²) in [7, 11) is 0. The van der Waals surface area contributed by atoms with E-state index in [1.54, 1.807) is 0 Å². The van der Waals surface area contributed by atoms with Gasteiger partial charge in [-0.1, -0.05) is 54.6 Å². The number of alkyl halides is 2. The van der Waals surface area contributed by atoms with Crippen molar-refractivity contribution in [1.82, 2.24) is 0 Å². The number of rotatable bonds is 9. The first kappa shape index (κ1) is 26.6. The summed E-state index contributed by atoms with van der Waals surface area (Å²) in [6, 6.07) is 10.9. The second-order valence-corrected chi connectivity index (χ2v) is 11.5. The first-order valence-electron chi connectivity index (χ1n) is 14.4. The monoisotopic (exact) mass is 484 g/mol. The van der Waals surface area contributed by atoms with Gasteiger partial charge in [0.05, 0.1) is 12.0 Å². The van der Waals surface area contributed by atoms with Gasteiger partial charge < -0.3 is 4.74 Å². The zero-order valence-electron chi connectivity index (χ0n) is 21.7. The van der Waals surface area contributed by atoms with Crippen LogP contribution in [0.1, 0.15) is 108 Å². The largest absolute Gasteiger partial charge is 0.358 e. The molecule has 194 valence electrons. The van der Waals surface area contributed by atoms with Gasteiger partial charge in [0.2, 0.25) is 0 Å². The van der Waals surface area contributed by atoms with Gasteiger partial charge in [0.15, 0.2) is 0 Å². The maximum absolute atomic E-state index is 14.9. The van der Waals surface area contributed by atoms with Crippen LogP contribution in [-0.4, -0.2) is 12.2 Å². The Morgan fingerprint density at radius 1 is 0.800 bits per heavy atom. The third kappa shape index (κ3) is 8.00. The number of hydrogen-bond acceptors (Lipinski definition) is 1. The molecule has 3 heteroatoms. The Hall–Kier alpha value is -1.48. The van der Waals surface area contributed by atoms with Crippen molar-refractivity contribution in [2.24, 2.45) is 23.7 Å². The summed E-state index contributed by atoms with van der Waals surface area (Å²) in [5, 5.41) is 0. The van der Waals surface area contributed by atoms with Crippen molar-refractivity contribution >= 4 is 0 Å². The summed E-state index contributed by atoms with van der Waals surface area (Å²) in [5.41, 5.74) is 1.49. The van der Waals surface area contributed by atoms with E-state index >= 15 is 0 Å². The first-order chi connectivity index (χ1) is 17.0. The van der Waals surface area contributed by atoms with Crippen LogP contribution in [0.25, 0.3) is 0 Å². The van der Waals surface area contributed by atoms with E-state index in [2.05, 4.69) is 54.6 Å². The van der Waals surface area contributed by atoms with Crippen LogP contribution in [-0.2, 0) is 4.74 Å². The predicted molar refractivity (Wildman–Crippen MR) is 142 cm³/mol. The molecule has 3 aliphatic carbocycles. The number of halogens is 2. The van der Waals surface area contributed by atoms with E-state index < -0.39 is 12.0 Å². The van der Waals surface area contributed by atoms with E-state index in [9.17, 15) is 8.78 Å². The average Bonchev–Trinajstić information content (AvgIpc) is 2.89. The maximum atomic E-state index is 14.9. The second kappa shape index (κ2) is 13.2. The third-order valence-corrected chi connectivity index (χ3v) is 9.04. The molecule has 4 rings (SSSR count). The number of benzene rings is 1. The lowest BCUT2D eigenvalue weighted by Crippen LogP contribution is -2.39. The summed E-state index contributed by atoms with van der Waals surface area (Å²) >= 11 is 0. The number of allylic oxidation sites excluding steroid dienone is 4. The van der Waals surface area contributed by atoms with Crippen LogP contribution < -0.4 is 0 Å². The molecule has 3 aliphatic rings. The molecular formula is C32H46F2O. The van der Waals surface area contributed by atoms with Gasteiger partial charge in [0.1, 0.15) is 0 Å². The first-order valence-corrected chi connectivity index (χ1v) is 14.4. The van der Waals surface area contributed by atoms with Gasteiger partial charge in [0.25, 0.3) is 0 Å². The topological polar surface area (TPSA) is 9.23 Å². The molecule has 1 aromatic rings. The molecule has 0 spiro atoms. The van der Waals surface area contributed by atoms with Crippen LogP contribution in [0.2, 0.25) is 0 Å². The van der Waals surface area contributed by atoms with E-state index in [0.29, 0.717) is 36.5 Å². The molecule has 1 aromatic carbocycles. The highest BCUT2D eigenvalue weighted by atomic mass is 19.3. The highest BCUT2D eigenvalue weighted by Gasteiger charge is 2.44. The lowest BCUT2D eigenvalue weighted by Gasteiger charge is -2.36. The zero-order valence-corrected chi connectivity index (χ0v) is 21.7. The van der Waals surface area contributed by atoms with Gasteiger partial charge in [-0.2, -0.15) is 8.78 Å². The van der Waals surface area contributed by atoms with Gasteiger partial charge in [-0.3, -0.25) is 0 Å². The number of hydrogen-bond donors (Lipinski definition) is 0. The zero-order chi connectivity index (χ0) is 24.5. The molecule has 0 aliphatic heterocycles. The normalized spacial score (nSPS) is 32.9. The smallest absolute Gasteiger partial charge is 0.317 e. The Bertz CT molecular complexity index is 777. The highest BCUT2D eigenvalue weighted by molar-refractivity contribution is 5.20. The Kier molecular flexibility index (Phi) is 10.0. The van der Waals surface area contributed by atoms with Crippen LogP contribution in [0.4, 0.5) is 8.78 Å². The molecule has 0 heterocycles. The van der Waals surface area contributed by atoms with Gasteiger partial charge in [-0.15, -0.1) is 0 Å². The fourth-order valence-electron chi connectivity index (χ4n) is 6.69. The maximum Gasteiger partial charge on any atom is 0.358 e. The van der Waals surface area contributed by atoms with Crippen molar-refractivity contribution in [2.75, 3.05) is 0 Å². The van der Waals surface area contributed by atoms with Crippen molar-refractivity contribution in [3.05, 3.63) is 60.2 Å². The van der Waals surface area contributed by atoms with Crippen molar-refractivity contribution in [3.8, 4) is 0 Å². The SMILES string of the molecule is C/C=C/CCC1CCC(C(F)(F)OC2CCC(/C=C/C3CCC(c4ccccc4)CC3)CC2)CC1. The molecule has 1 nitrogen and oxygen atoms in total. The highest BCUT2D eigenvalue weighted by Crippen LogP contribution is 2.43. The molecule has 0 unspecified atom stereocenters. The molecule has 35 heavy (non-hydrogen) atoms. The molecule has 0 N–H and O–H groups in total. The predicted octanol–water partition coefficient (Wildman–Crippen LogP) is 9.85. The van der Waals surface area contributed by atoms with Gasteiger partial charge in [-0.25, -0.2) is 0 Å². The van der Waals surface area contributed by atoms with Crippen molar-refractivity contribution in [2.45, 2.75) is 115 Å². The van der Waals surface area contributed by atoms with E-state index in [-0.39, 0.29) is 6.10 Å². The average molecular weight is 485 g/mol.